The summed E-state index contributed by atoms with van der Waals surface area (Å²) in [6, 6.07) is 2.03. The maximum absolute atomic E-state index is 13.4. The number of nitrogens with one attached hydrogen (secondary N) is 1. The highest BCUT2D eigenvalue weighted by molar-refractivity contribution is 9.11. The number of carbonyl (C=O) groups excluding carboxylic acids is 1. The fraction of sp³-hybridized carbons (Fsp3) is 0.231. The van der Waals surface area contributed by atoms with Crippen LogP contribution in [0.4, 0.5) is 8.78 Å². The van der Waals surface area contributed by atoms with Crippen LogP contribution in [0.2, 0.25) is 0 Å². The van der Waals surface area contributed by atoms with Gasteiger partial charge in [0.1, 0.15) is 17.7 Å². The van der Waals surface area contributed by atoms with Gasteiger partial charge in [0.2, 0.25) is 5.91 Å². The first-order valence-electron chi connectivity index (χ1n) is 5.59. The number of halogens is 3. The zero-order chi connectivity index (χ0) is 15.3. The second kappa shape index (κ2) is 7.14. The number of carbonyl (C=O) groups is 2. The van der Waals surface area contributed by atoms with Crippen molar-refractivity contribution in [2.75, 3.05) is 0 Å². The van der Waals surface area contributed by atoms with E-state index in [2.05, 4.69) is 27.8 Å². The highest BCUT2D eigenvalue weighted by Crippen LogP contribution is 2.14. The Bertz CT molecular complexity index is 528. The van der Waals surface area contributed by atoms with E-state index in [0.29, 0.717) is 4.48 Å². The Kier molecular flexibility index (Phi) is 5.82. The fourth-order valence-electron chi connectivity index (χ4n) is 1.53. The van der Waals surface area contributed by atoms with Gasteiger partial charge in [-0.2, -0.15) is 0 Å². The summed E-state index contributed by atoms with van der Waals surface area (Å²) in [4.78, 5) is 22.6. The van der Waals surface area contributed by atoms with Gasteiger partial charge in [0.05, 0.1) is 6.42 Å². The first-order valence-corrected chi connectivity index (χ1v) is 6.39. The van der Waals surface area contributed by atoms with Crippen LogP contribution in [0.15, 0.2) is 29.3 Å². The summed E-state index contributed by atoms with van der Waals surface area (Å²) in [6.07, 6.45) is -0.599. The van der Waals surface area contributed by atoms with Crippen molar-refractivity contribution in [2.45, 2.75) is 18.9 Å². The first-order chi connectivity index (χ1) is 9.31. The molecule has 0 fully saturated rings. The monoisotopic (exact) mass is 347 g/mol. The lowest BCUT2D eigenvalue weighted by atomic mass is 10.1. The second-order valence-corrected chi connectivity index (χ2v) is 5.18. The average molecular weight is 348 g/mol. The van der Waals surface area contributed by atoms with Crippen LogP contribution in [-0.2, 0) is 16.0 Å². The summed E-state index contributed by atoms with van der Waals surface area (Å²) < 4.78 is 27.1. The highest BCUT2D eigenvalue weighted by atomic mass is 79.9. The first kappa shape index (κ1) is 16.3. The Balaban J connectivity index is 2.76. The van der Waals surface area contributed by atoms with Crippen LogP contribution >= 0.6 is 15.9 Å². The summed E-state index contributed by atoms with van der Waals surface area (Å²) >= 11 is 2.99. The molecule has 0 aliphatic heterocycles. The predicted molar refractivity (Wildman–Crippen MR) is 72.3 cm³/mol. The van der Waals surface area contributed by atoms with Gasteiger partial charge in [-0.25, -0.2) is 13.6 Å². The van der Waals surface area contributed by atoms with E-state index in [1.54, 1.807) is 0 Å². The topological polar surface area (TPSA) is 66.4 Å². The summed E-state index contributed by atoms with van der Waals surface area (Å²) in [5, 5.41) is 11.1. The SMILES string of the molecule is C=C(Br)C[C@H](NC(=O)Cc1c(F)cccc1F)C(=O)O. The molecule has 0 aliphatic carbocycles. The number of carboxylic acids is 1. The quantitative estimate of drug-likeness (QED) is 0.830. The smallest absolute Gasteiger partial charge is 0.326 e. The number of amides is 1. The van der Waals surface area contributed by atoms with E-state index >= 15 is 0 Å². The van der Waals surface area contributed by atoms with E-state index < -0.39 is 41.5 Å². The van der Waals surface area contributed by atoms with Gasteiger partial charge in [-0.15, -0.1) is 0 Å². The number of hydrogen-bond donors (Lipinski definition) is 2. The maximum atomic E-state index is 13.4. The van der Waals surface area contributed by atoms with Crippen molar-refractivity contribution in [3.63, 3.8) is 0 Å². The van der Waals surface area contributed by atoms with E-state index in [-0.39, 0.29) is 6.42 Å². The molecule has 108 valence electrons. The molecule has 0 spiro atoms. The Hall–Kier alpha value is -1.76. The van der Waals surface area contributed by atoms with Crippen molar-refractivity contribution in [3.8, 4) is 0 Å². The summed E-state index contributed by atoms with van der Waals surface area (Å²) in [7, 11) is 0. The molecular formula is C13H12BrF2NO3. The van der Waals surface area contributed by atoms with E-state index in [4.69, 9.17) is 5.11 Å². The van der Waals surface area contributed by atoms with Crippen LogP contribution in [0, 0.1) is 11.6 Å². The van der Waals surface area contributed by atoms with Crippen LogP contribution in [-0.4, -0.2) is 23.0 Å². The average Bonchev–Trinajstić information content (AvgIpc) is 2.32. The van der Waals surface area contributed by atoms with Crippen LogP contribution in [0.3, 0.4) is 0 Å². The van der Waals surface area contributed by atoms with Gasteiger partial charge >= 0.3 is 5.97 Å². The molecule has 1 aromatic rings. The van der Waals surface area contributed by atoms with Gasteiger partial charge < -0.3 is 10.4 Å². The van der Waals surface area contributed by atoms with Crippen molar-refractivity contribution in [2.24, 2.45) is 0 Å². The maximum Gasteiger partial charge on any atom is 0.326 e. The van der Waals surface area contributed by atoms with Crippen molar-refractivity contribution in [3.05, 3.63) is 46.5 Å². The van der Waals surface area contributed by atoms with Crippen LogP contribution < -0.4 is 5.32 Å². The molecule has 0 aliphatic rings. The highest BCUT2D eigenvalue weighted by Gasteiger charge is 2.21. The third-order valence-corrected chi connectivity index (χ3v) is 2.78. The minimum atomic E-state index is -1.26. The Morgan fingerprint density at radius 3 is 2.35 bits per heavy atom. The number of aliphatic carboxylic acids is 1. The minimum Gasteiger partial charge on any atom is -0.480 e. The van der Waals surface area contributed by atoms with Crippen LogP contribution in [0.25, 0.3) is 0 Å². The molecule has 7 heteroatoms. The third-order valence-electron chi connectivity index (χ3n) is 2.46. The van der Waals surface area contributed by atoms with Crippen molar-refractivity contribution >= 4 is 27.8 Å². The molecule has 20 heavy (non-hydrogen) atoms. The van der Waals surface area contributed by atoms with Gasteiger partial charge in [-0.05, 0) is 16.6 Å². The van der Waals surface area contributed by atoms with Gasteiger partial charge in [0.15, 0.2) is 0 Å². The van der Waals surface area contributed by atoms with Gasteiger partial charge in [-0.3, -0.25) is 4.79 Å². The molecule has 1 atom stereocenters. The molecule has 1 aromatic carbocycles. The molecule has 0 heterocycles. The second-order valence-electron chi connectivity index (χ2n) is 4.06. The lowest BCUT2D eigenvalue weighted by molar-refractivity contribution is -0.141. The molecule has 0 radical (unpaired) electrons. The number of rotatable bonds is 6. The van der Waals surface area contributed by atoms with E-state index in [1.165, 1.54) is 6.07 Å². The van der Waals surface area contributed by atoms with Crippen LogP contribution in [0.1, 0.15) is 12.0 Å². The Morgan fingerprint density at radius 2 is 1.90 bits per heavy atom. The van der Waals surface area contributed by atoms with Crippen molar-refractivity contribution < 1.29 is 23.5 Å². The number of benzene rings is 1. The molecular weight excluding hydrogens is 336 g/mol. The molecule has 0 saturated heterocycles. The van der Waals surface area contributed by atoms with Gasteiger partial charge in [0.25, 0.3) is 0 Å². The summed E-state index contributed by atoms with van der Waals surface area (Å²) in [6.45, 7) is 3.48. The molecule has 1 amide bonds. The molecule has 0 unspecified atom stereocenters. The predicted octanol–water partition coefficient (Wildman–Crippen LogP) is 2.38. The number of carboxylic acid groups (broad SMARTS) is 1. The zero-order valence-electron chi connectivity index (χ0n) is 10.3. The molecule has 4 nitrogen and oxygen atoms in total. The van der Waals surface area contributed by atoms with Gasteiger partial charge in [0, 0.05) is 12.0 Å². The molecule has 0 bridgehead atoms. The zero-order valence-corrected chi connectivity index (χ0v) is 11.9. The molecule has 0 saturated carbocycles. The third kappa shape index (κ3) is 4.73. The standard InChI is InChI=1S/C13H12BrF2NO3/c1-7(14)5-11(13(19)20)17-12(18)6-8-9(15)3-2-4-10(8)16/h2-4,11H,1,5-6H2,(H,17,18)(H,19,20)/t11-/m0/s1. The molecule has 1 rings (SSSR count). The van der Waals surface area contributed by atoms with Crippen LogP contribution in [0.5, 0.6) is 0 Å². The number of hydrogen-bond acceptors (Lipinski definition) is 2. The fourth-order valence-corrected chi connectivity index (χ4v) is 1.85. The Morgan fingerprint density at radius 1 is 1.35 bits per heavy atom. The lowest BCUT2D eigenvalue weighted by Gasteiger charge is -2.14. The largest absolute Gasteiger partial charge is 0.480 e. The minimum absolute atomic E-state index is 0.0270. The molecule has 0 aromatic heterocycles. The summed E-state index contributed by atoms with van der Waals surface area (Å²) in [5.41, 5.74) is -0.396. The normalized spacial score (nSPS) is 11.8. The van der Waals surface area contributed by atoms with E-state index in [1.807, 2.05) is 0 Å². The van der Waals surface area contributed by atoms with E-state index in [0.717, 1.165) is 12.1 Å². The van der Waals surface area contributed by atoms with Gasteiger partial charge in [-0.1, -0.05) is 28.6 Å². The van der Waals surface area contributed by atoms with Crippen molar-refractivity contribution in [1.29, 1.82) is 0 Å². The summed E-state index contributed by atoms with van der Waals surface area (Å²) in [5.74, 6) is -3.74. The van der Waals surface area contributed by atoms with E-state index in [9.17, 15) is 18.4 Å². The molecule has 2 N–H and O–H groups in total. The lowest BCUT2D eigenvalue weighted by Crippen LogP contribution is -2.41. The Labute approximate surface area is 122 Å². The van der Waals surface area contributed by atoms with Crippen molar-refractivity contribution in [1.82, 2.24) is 5.32 Å².